The molecule has 0 saturated heterocycles. The minimum absolute atomic E-state index is 0.0356. The van der Waals surface area contributed by atoms with Gasteiger partial charge in [-0.1, -0.05) is 18.2 Å². The summed E-state index contributed by atoms with van der Waals surface area (Å²) in [4.78, 5) is 19.4. The predicted molar refractivity (Wildman–Crippen MR) is 88.3 cm³/mol. The summed E-state index contributed by atoms with van der Waals surface area (Å²) in [6.45, 7) is 0. The van der Waals surface area contributed by atoms with E-state index >= 15 is 0 Å². The molecular weight excluding hydrogens is 326 g/mol. The fourth-order valence-corrected chi connectivity index (χ4v) is 3.19. The summed E-state index contributed by atoms with van der Waals surface area (Å²) < 4.78 is 1.83. The van der Waals surface area contributed by atoms with E-state index in [9.17, 15) is 10.1 Å². The van der Waals surface area contributed by atoms with Crippen molar-refractivity contribution in [3.63, 3.8) is 0 Å². The van der Waals surface area contributed by atoms with Gasteiger partial charge in [0.1, 0.15) is 5.82 Å². The second-order valence-corrected chi connectivity index (χ2v) is 6.42. The minimum Gasteiger partial charge on any atom is -0.258 e. The molecule has 7 nitrogen and oxygen atoms in total. The average molecular weight is 339 g/mol. The van der Waals surface area contributed by atoms with E-state index in [0.717, 1.165) is 36.1 Å². The number of benzene rings is 1. The summed E-state index contributed by atoms with van der Waals surface area (Å²) in [5, 5.41) is 16.4. The molecule has 0 N–H and O–H groups in total. The van der Waals surface area contributed by atoms with Crippen molar-refractivity contribution in [1.82, 2.24) is 19.7 Å². The molecule has 0 bridgehead atoms. The molecule has 8 heteroatoms. The zero-order valence-corrected chi connectivity index (χ0v) is 13.4. The van der Waals surface area contributed by atoms with E-state index in [2.05, 4.69) is 15.1 Å². The lowest BCUT2D eigenvalue weighted by Crippen LogP contribution is -2.01. The first-order valence-corrected chi connectivity index (χ1v) is 8.33. The highest BCUT2D eigenvalue weighted by Crippen LogP contribution is 2.41. The molecule has 1 aromatic carbocycles. The first-order valence-electron chi connectivity index (χ1n) is 7.52. The summed E-state index contributed by atoms with van der Waals surface area (Å²) in [5.41, 5.74) is 0.904. The van der Waals surface area contributed by atoms with Crippen molar-refractivity contribution >= 4 is 17.4 Å². The number of rotatable bonds is 5. The van der Waals surface area contributed by atoms with Crippen molar-refractivity contribution in [1.29, 1.82) is 0 Å². The first kappa shape index (κ1) is 14.8. The molecule has 0 atom stereocenters. The number of para-hydroxylation sites is 1. The van der Waals surface area contributed by atoms with E-state index in [1.54, 1.807) is 6.07 Å². The molecule has 0 radical (unpaired) electrons. The van der Waals surface area contributed by atoms with Crippen LogP contribution in [0.3, 0.4) is 0 Å². The third kappa shape index (κ3) is 2.88. The van der Waals surface area contributed by atoms with Gasteiger partial charge in [-0.3, -0.25) is 10.1 Å². The van der Waals surface area contributed by atoms with Crippen LogP contribution in [-0.2, 0) is 0 Å². The van der Waals surface area contributed by atoms with Gasteiger partial charge in [0.15, 0.2) is 5.03 Å². The highest BCUT2D eigenvalue weighted by atomic mass is 32.2. The number of nitro groups is 1. The van der Waals surface area contributed by atoms with E-state index in [-0.39, 0.29) is 5.69 Å². The number of pyridine rings is 1. The number of nitrogens with zero attached hydrogens (tertiary/aromatic N) is 5. The molecule has 1 saturated carbocycles. The average Bonchev–Trinajstić information content (AvgIpc) is 3.37. The second kappa shape index (κ2) is 6.04. The zero-order valence-electron chi connectivity index (χ0n) is 12.6. The zero-order chi connectivity index (χ0) is 16.5. The summed E-state index contributed by atoms with van der Waals surface area (Å²) >= 11 is 1.12. The van der Waals surface area contributed by atoms with Gasteiger partial charge in [-0.15, -0.1) is 5.10 Å². The van der Waals surface area contributed by atoms with Gasteiger partial charge in [-0.2, -0.15) is 0 Å². The Morgan fingerprint density at radius 2 is 1.96 bits per heavy atom. The largest absolute Gasteiger partial charge is 0.301 e. The van der Waals surface area contributed by atoms with Crippen LogP contribution in [0.2, 0.25) is 0 Å². The van der Waals surface area contributed by atoms with E-state index in [1.807, 2.05) is 35.0 Å². The summed E-state index contributed by atoms with van der Waals surface area (Å²) in [6, 6.07) is 12.8. The quantitative estimate of drug-likeness (QED) is 0.521. The Hall–Kier alpha value is -2.74. The van der Waals surface area contributed by atoms with Gasteiger partial charge in [0.2, 0.25) is 5.16 Å². The maximum Gasteiger partial charge on any atom is 0.301 e. The fourth-order valence-electron chi connectivity index (χ4n) is 2.40. The van der Waals surface area contributed by atoms with E-state index in [4.69, 9.17) is 0 Å². The Bertz CT molecular complexity index is 892. The predicted octanol–water partition coefficient (Wildman–Crippen LogP) is 3.60. The van der Waals surface area contributed by atoms with Gasteiger partial charge in [-0.05, 0) is 42.8 Å². The van der Waals surface area contributed by atoms with Crippen molar-refractivity contribution < 1.29 is 4.92 Å². The maximum absolute atomic E-state index is 11.1. The molecular formula is C16H13N5O2S. The molecule has 0 aliphatic heterocycles. The Kier molecular flexibility index (Phi) is 3.73. The molecule has 0 amide bonds. The molecule has 4 rings (SSSR count). The molecule has 1 aliphatic carbocycles. The van der Waals surface area contributed by atoms with E-state index < -0.39 is 4.92 Å². The fraction of sp³-hybridized carbons (Fsp3) is 0.188. The highest BCUT2D eigenvalue weighted by molar-refractivity contribution is 7.99. The van der Waals surface area contributed by atoms with Gasteiger partial charge in [-0.25, -0.2) is 14.6 Å². The van der Waals surface area contributed by atoms with Crippen molar-refractivity contribution in [2.24, 2.45) is 0 Å². The SMILES string of the molecule is O=[N+]([O-])c1cccnc1Sc1nc(C2CC2)n(-c2ccccc2)n1. The van der Waals surface area contributed by atoms with Gasteiger partial charge < -0.3 is 0 Å². The molecule has 2 heterocycles. The molecule has 0 unspecified atom stereocenters. The van der Waals surface area contributed by atoms with Crippen LogP contribution in [0.1, 0.15) is 24.6 Å². The lowest BCUT2D eigenvalue weighted by molar-refractivity contribution is -0.388. The van der Waals surface area contributed by atoms with Gasteiger partial charge in [0.25, 0.3) is 0 Å². The third-order valence-electron chi connectivity index (χ3n) is 3.69. The van der Waals surface area contributed by atoms with Crippen molar-refractivity contribution in [3.05, 3.63) is 64.6 Å². The molecule has 3 aromatic rings. The van der Waals surface area contributed by atoms with Crippen LogP contribution in [0.15, 0.2) is 58.8 Å². The first-order chi connectivity index (χ1) is 11.7. The molecule has 2 aromatic heterocycles. The van der Waals surface area contributed by atoms with E-state index in [0.29, 0.717) is 16.1 Å². The molecule has 120 valence electrons. The molecule has 24 heavy (non-hydrogen) atoms. The number of aromatic nitrogens is 4. The molecule has 0 spiro atoms. The third-order valence-corrected chi connectivity index (χ3v) is 4.56. The van der Waals surface area contributed by atoms with Gasteiger partial charge >= 0.3 is 5.69 Å². The Labute approximate surface area is 141 Å². The highest BCUT2D eigenvalue weighted by Gasteiger charge is 2.31. The summed E-state index contributed by atoms with van der Waals surface area (Å²) in [6.07, 6.45) is 3.73. The lowest BCUT2D eigenvalue weighted by atomic mass is 10.3. The van der Waals surface area contributed by atoms with Crippen LogP contribution < -0.4 is 0 Å². The van der Waals surface area contributed by atoms with Crippen LogP contribution in [-0.4, -0.2) is 24.7 Å². The number of hydrogen-bond donors (Lipinski definition) is 0. The van der Waals surface area contributed by atoms with Crippen LogP contribution in [0.5, 0.6) is 0 Å². The Morgan fingerprint density at radius 1 is 1.17 bits per heavy atom. The van der Waals surface area contributed by atoms with Crippen molar-refractivity contribution in [2.75, 3.05) is 0 Å². The van der Waals surface area contributed by atoms with Crippen molar-refractivity contribution in [2.45, 2.75) is 28.9 Å². The van der Waals surface area contributed by atoms with Crippen LogP contribution in [0.4, 0.5) is 5.69 Å². The summed E-state index contributed by atoms with van der Waals surface area (Å²) in [5.74, 6) is 1.31. The van der Waals surface area contributed by atoms with Crippen molar-refractivity contribution in [3.8, 4) is 5.69 Å². The van der Waals surface area contributed by atoms with Crippen LogP contribution in [0, 0.1) is 10.1 Å². The minimum atomic E-state index is -0.439. The Morgan fingerprint density at radius 3 is 2.67 bits per heavy atom. The topological polar surface area (TPSA) is 86.7 Å². The van der Waals surface area contributed by atoms with Crippen LogP contribution in [0.25, 0.3) is 5.69 Å². The molecule has 1 aliphatic rings. The second-order valence-electron chi connectivity index (χ2n) is 5.46. The lowest BCUT2D eigenvalue weighted by Gasteiger charge is -2.03. The maximum atomic E-state index is 11.1. The Balaban J connectivity index is 1.71. The normalized spacial score (nSPS) is 13.8. The van der Waals surface area contributed by atoms with Crippen LogP contribution >= 0.6 is 11.8 Å². The van der Waals surface area contributed by atoms with E-state index in [1.165, 1.54) is 12.3 Å². The molecule has 1 fully saturated rings. The smallest absolute Gasteiger partial charge is 0.258 e. The monoisotopic (exact) mass is 339 g/mol. The van der Waals surface area contributed by atoms with Gasteiger partial charge in [0, 0.05) is 18.2 Å². The summed E-state index contributed by atoms with van der Waals surface area (Å²) in [7, 11) is 0. The number of hydrogen-bond acceptors (Lipinski definition) is 6. The standard InChI is InChI=1S/C16H13N5O2S/c22-21(23)13-7-4-10-17-15(13)24-16-18-14(11-8-9-11)20(19-16)12-5-2-1-3-6-12/h1-7,10-11H,8-9H2. The van der Waals surface area contributed by atoms with Gasteiger partial charge in [0.05, 0.1) is 10.6 Å².